The summed E-state index contributed by atoms with van der Waals surface area (Å²) in [7, 11) is 1.71. The van der Waals surface area contributed by atoms with Gasteiger partial charge in [0.05, 0.1) is 7.11 Å². The highest BCUT2D eigenvalue weighted by Crippen LogP contribution is 2.36. The molecule has 0 aliphatic heterocycles. The third-order valence-corrected chi connectivity index (χ3v) is 3.54. The van der Waals surface area contributed by atoms with Crippen LogP contribution in [0.4, 0.5) is 0 Å². The molecule has 1 aromatic rings. The lowest BCUT2D eigenvalue weighted by Gasteiger charge is -2.25. The van der Waals surface area contributed by atoms with Gasteiger partial charge in [-0.2, -0.15) is 0 Å². The van der Waals surface area contributed by atoms with Crippen LogP contribution in [-0.4, -0.2) is 12.9 Å². The average Bonchev–Trinajstić information content (AvgIpc) is 2.26. The molecule has 0 amide bonds. The summed E-state index contributed by atoms with van der Waals surface area (Å²) < 4.78 is 5.63. The van der Waals surface area contributed by atoms with Crippen LogP contribution in [0.25, 0.3) is 0 Å². The zero-order valence-electron chi connectivity index (χ0n) is 13.3. The van der Waals surface area contributed by atoms with E-state index in [0.29, 0.717) is 0 Å². The van der Waals surface area contributed by atoms with Crippen LogP contribution in [0.5, 0.6) is 5.75 Å². The van der Waals surface area contributed by atoms with Crippen molar-refractivity contribution < 1.29 is 9.53 Å². The molecule has 1 atom stereocenters. The highest BCUT2D eigenvalue weighted by Gasteiger charge is 2.23. The van der Waals surface area contributed by atoms with Crippen molar-refractivity contribution in [3.05, 3.63) is 28.8 Å². The van der Waals surface area contributed by atoms with E-state index in [0.717, 1.165) is 17.7 Å². The number of aryl methyl sites for hydroxylation is 1. The van der Waals surface area contributed by atoms with E-state index in [1.807, 2.05) is 6.92 Å². The first-order valence-electron chi connectivity index (χ1n) is 6.85. The molecule has 0 N–H and O–H groups in total. The van der Waals surface area contributed by atoms with Crippen molar-refractivity contribution in [1.29, 1.82) is 0 Å². The van der Waals surface area contributed by atoms with Gasteiger partial charge in [-0.15, -0.1) is 0 Å². The van der Waals surface area contributed by atoms with Gasteiger partial charge in [0.25, 0.3) is 0 Å². The first-order chi connectivity index (χ1) is 8.66. The average molecular weight is 262 g/mol. The standard InChI is InChI=1S/C17H26O2/c1-11-8-14(10-12(2)13(3)18)16(19-7)15(9-11)17(4,5)6/h8-9,12H,10H2,1-7H3. The van der Waals surface area contributed by atoms with Gasteiger partial charge in [0.1, 0.15) is 11.5 Å². The van der Waals surface area contributed by atoms with E-state index in [-0.39, 0.29) is 17.1 Å². The van der Waals surface area contributed by atoms with Crippen LogP contribution in [0.3, 0.4) is 0 Å². The normalized spacial score (nSPS) is 13.2. The smallest absolute Gasteiger partial charge is 0.132 e. The molecule has 1 unspecified atom stereocenters. The van der Waals surface area contributed by atoms with E-state index in [1.54, 1.807) is 14.0 Å². The summed E-state index contributed by atoms with van der Waals surface area (Å²) in [6.45, 7) is 12.3. The van der Waals surface area contributed by atoms with Crippen LogP contribution in [0.2, 0.25) is 0 Å². The Hall–Kier alpha value is -1.31. The molecule has 0 saturated carbocycles. The molecule has 0 spiro atoms. The Balaban J connectivity index is 3.31. The number of carbonyl (C=O) groups excluding carboxylic acids is 1. The second-order valence-corrected chi connectivity index (χ2v) is 6.47. The molecule has 0 aliphatic rings. The van der Waals surface area contributed by atoms with Gasteiger partial charge in [-0.1, -0.05) is 45.4 Å². The number of ether oxygens (including phenoxy) is 1. The molecule has 106 valence electrons. The molecule has 0 radical (unpaired) electrons. The van der Waals surface area contributed by atoms with Gasteiger partial charge >= 0.3 is 0 Å². The lowest BCUT2D eigenvalue weighted by atomic mass is 9.82. The summed E-state index contributed by atoms with van der Waals surface area (Å²) in [5.74, 6) is 1.19. The number of benzene rings is 1. The maximum atomic E-state index is 11.5. The Bertz CT molecular complexity index is 467. The third kappa shape index (κ3) is 3.82. The van der Waals surface area contributed by atoms with Gasteiger partial charge in [0.15, 0.2) is 0 Å². The first-order valence-corrected chi connectivity index (χ1v) is 6.85. The Morgan fingerprint density at radius 3 is 2.32 bits per heavy atom. The maximum absolute atomic E-state index is 11.5. The second-order valence-electron chi connectivity index (χ2n) is 6.47. The number of carbonyl (C=O) groups is 1. The highest BCUT2D eigenvalue weighted by atomic mass is 16.5. The second kappa shape index (κ2) is 5.77. The van der Waals surface area contributed by atoms with E-state index >= 15 is 0 Å². The van der Waals surface area contributed by atoms with E-state index < -0.39 is 0 Å². The van der Waals surface area contributed by atoms with Gasteiger partial charge in [-0.05, 0) is 31.2 Å². The maximum Gasteiger partial charge on any atom is 0.132 e. The summed E-state index contributed by atoms with van der Waals surface area (Å²) in [5.41, 5.74) is 3.60. The predicted octanol–water partition coefficient (Wildman–Crippen LogP) is 4.07. The zero-order valence-corrected chi connectivity index (χ0v) is 13.3. The molecule has 0 bridgehead atoms. The van der Waals surface area contributed by atoms with Crippen LogP contribution < -0.4 is 4.74 Å². The molecule has 0 fully saturated rings. The van der Waals surface area contributed by atoms with Crippen molar-refractivity contribution in [2.45, 2.75) is 53.4 Å². The molecular formula is C17H26O2. The summed E-state index contributed by atoms with van der Waals surface area (Å²) in [6, 6.07) is 4.31. The topological polar surface area (TPSA) is 26.3 Å². The molecule has 2 heteroatoms. The quantitative estimate of drug-likeness (QED) is 0.817. The molecule has 19 heavy (non-hydrogen) atoms. The third-order valence-electron chi connectivity index (χ3n) is 3.54. The number of methoxy groups -OCH3 is 1. The predicted molar refractivity (Wildman–Crippen MR) is 80.0 cm³/mol. The lowest BCUT2D eigenvalue weighted by Crippen LogP contribution is -2.16. The minimum atomic E-state index is 0.0310. The van der Waals surface area contributed by atoms with Crippen LogP contribution >= 0.6 is 0 Å². The van der Waals surface area contributed by atoms with E-state index in [4.69, 9.17) is 4.74 Å². The fourth-order valence-corrected chi connectivity index (χ4v) is 2.27. The van der Waals surface area contributed by atoms with Gasteiger partial charge < -0.3 is 4.74 Å². The summed E-state index contributed by atoms with van der Waals surface area (Å²) in [4.78, 5) is 11.5. The molecular weight excluding hydrogens is 236 g/mol. The highest BCUT2D eigenvalue weighted by molar-refractivity contribution is 5.78. The molecule has 0 aromatic heterocycles. The van der Waals surface area contributed by atoms with Crippen molar-refractivity contribution in [3.8, 4) is 5.75 Å². The summed E-state index contributed by atoms with van der Waals surface area (Å²) >= 11 is 0. The Morgan fingerprint density at radius 1 is 1.32 bits per heavy atom. The fraction of sp³-hybridized carbons (Fsp3) is 0.588. The van der Waals surface area contributed by atoms with Crippen molar-refractivity contribution in [1.82, 2.24) is 0 Å². The minimum Gasteiger partial charge on any atom is -0.496 e. The van der Waals surface area contributed by atoms with Gasteiger partial charge in [0.2, 0.25) is 0 Å². The van der Waals surface area contributed by atoms with E-state index in [2.05, 4.69) is 39.8 Å². The molecule has 0 aliphatic carbocycles. The van der Waals surface area contributed by atoms with E-state index in [1.165, 1.54) is 11.1 Å². The summed E-state index contributed by atoms with van der Waals surface area (Å²) in [5, 5.41) is 0. The monoisotopic (exact) mass is 262 g/mol. The van der Waals surface area contributed by atoms with Crippen molar-refractivity contribution in [2.24, 2.45) is 5.92 Å². The molecule has 1 aromatic carbocycles. The zero-order chi connectivity index (χ0) is 14.8. The van der Waals surface area contributed by atoms with E-state index in [9.17, 15) is 4.79 Å². The lowest BCUT2D eigenvalue weighted by molar-refractivity contribution is -0.120. The Morgan fingerprint density at radius 2 is 1.89 bits per heavy atom. The van der Waals surface area contributed by atoms with Crippen molar-refractivity contribution in [3.63, 3.8) is 0 Å². The SMILES string of the molecule is COc1c(CC(C)C(C)=O)cc(C)cc1C(C)(C)C. The van der Waals surface area contributed by atoms with Crippen LogP contribution in [-0.2, 0) is 16.6 Å². The van der Waals surface area contributed by atoms with Crippen LogP contribution in [0.1, 0.15) is 51.3 Å². The summed E-state index contributed by atoms with van der Waals surface area (Å²) in [6.07, 6.45) is 0.739. The number of Topliss-reactive ketones (excluding diaryl/α,β-unsaturated/α-hetero) is 1. The Kier molecular flexibility index (Phi) is 4.78. The molecule has 1 rings (SSSR count). The number of hydrogen-bond donors (Lipinski definition) is 0. The molecule has 0 saturated heterocycles. The first kappa shape index (κ1) is 15.7. The van der Waals surface area contributed by atoms with Crippen molar-refractivity contribution >= 4 is 5.78 Å². The fourth-order valence-electron chi connectivity index (χ4n) is 2.27. The largest absolute Gasteiger partial charge is 0.496 e. The molecule has 2 nitrogen and oxygen atoms in total. The van der Waals surface area contributed by atoms with Crippen LogP contribution in [0.15, 0.2) is 12.1 Å². The molecule has 0 heterocycles. The number of ketones is 1. The van der Waals surface area contributed by atoms with Gasteiger partial charge in [0, 0.05) is 11.5 Å². The minimum absolute atomic E-state index is 0.0310. The number of hydrogen-bond acceptors (Lipinski definition) is 2. The number of rotatable bonds is 4. The Labute approximate surface area is 117 Å². The van der Waals surface area contributed by atoms with Crippen LogP contribution in [0, 0.1) is 12.8 Å². The van der Waals surface area contributed by atoms with Crippen molar-refractivity contribution in [2.75, 3.05) is 7.11 Å². The van der Waals surface area contributed by atoms with Gasteiger partial charge in [-0.3, -0.25) is 4.79 Å². The van der Waals surface area contributed by atoms with Gasteiger partial charge in [-0.25, -0.2) is 0 Å².